The number of rotatable bonds is 6. The molecule has 0 aliphatic rings. The third kappa shape index (κ3) is 4.11. The predicted molar refractivity (Wildman–Crippen MR) is 82.1 cm³/mol. The summed E-state index contributed by atoms with van der Waals surface area (Å²) in [5, 5.41) is 10.4. The molecule has 8 heteroatoms. The Labute approximate surface area is 128 Å². The minimum absolute atomic E-state index is 0.147. The minimum Gasteiger partial charge on any atom is -0.454 e. The standard InChI is InChI=1S/C14H20N6O2/c1-3-16-14(17-8-10-6-7-19-20(10)2)18-9-11-4-5-12(22-11)13(15)21/h4-7H,3,8-9H2,1-2H3,(H2,15,21)(H2,16,17,18). The molecule has 22 heavy (non-hydrogen) atoms. The molecule has 0 unspecified atom stereocenters. The average Bonchev–Trinajstić information content (AvgIpc) is 3.11. The van der Waals surface area contributed by atoms with Crippen molar-refractivity contribution in [1.29, 1.82) is 0 Å². The van der Waals surface area contributed by atoms with Crippen LogP contribution in [0.4, 0.5) is 0 Å². The van der Waals surface area contributed by atoms with Gasteiger partial charge in [0.25, 0.3) is 5.91 Å². The number of primary amides is 1. The monoisotopic (exact) mass is 304 g/mol. The summed E-state index contributed by atoms with van der Waals surface area (Å²) in [6, 6.07) is 5.18. The van der Waals surface area contributed by atoms with Gasteiger partial charge < -0.3 is 20.8 Å². The zero-order valence-corrected chi connectivity index (χ0v) is 12.7. The smallest absolute Gasteiger partial charge is 0.284 e. The molecule has 0 aromatic carbocycles. The number of hydrogen-bond donors (Lipinski definition) is 3. The number of aryl methyl sites for hydroxylation is 1. The first kappa shape index (κ1) is 15.6. The van der Waals surface area contributed by atoms with E-state index in [0.717, 1.165) is 12.2 Å². The van der Waals surface area contributed by atoms with Gasteiger partial charge in [0.2, 0.25) is 0 Å². The molecular weight excluding hydrogens is 284 g/mol. The highest BCUT2D eigenvalue weighted by atomic mass is 16.3. The maximum absolute atomic E-state index is 11.0. The maximum Gasteiger partial charge on any atom is 0.284 e. The summed E-state index contributed by atoms with van der Waals surface area (Å²) in [7, 11) is 1.87. The molecule has 1 amide bonds. The molecule has 0 saturated carbocycles. The fourth-order valence-corrected chi connectivity index (χ4v) is 1.83. The number of nitrogens with two attached hydrogens (primary N) is 1. The van der Waals surface area contributed by atoms with Crippen LogP contribution < -0.4 is 16.4 Å². The second-order valence-corrected chi connectivity index (χ2v) is 4.63. The van der Waals surface area contributed by atoms with Gasteiger partial charge in [-0.15, -0.1) is 0 Å². The van der Waals surface area contributed by atoms with E-state index in [4.69, 9.17) is 10.2 Å². The van der Waals surface area contributed by atoms with Gasteiger partial charge in [0.1, 0.15) is 5.76 Å². The van der Waals surface area contributed by atoms with Gasteiger partial charge >= 0.3 is 0 Å². The van der Waals surface area contributed by atoms with Crippen LogP contribution in [0, 0.1) is 0 Å². The van der Waals surface area contributed by atoms with Crippen molar-refractivity contribution in [2.24, 2.45) is 17.8 Å². The largest absolute Gasteiger partial charge is 0.454 e. The number of aromatic nitrogens is 2. The molecular formula is C14H20N6O2. The van der Waals surface area contributed by atoms with Gasteiger partial charge in [0.05, 0.1) is 18.8 Å². The average molecular weight is 304 g/mol. The molecule has 0 fully saturated rings. The first-order chi connectivity index (χ1) is 10.6. The van der Waals surface area contributed by atoms with Gasteiger partial charge in [-0.05, 0) is 25.1 Å². The van der Waals surface area contributed by atoms with E-state index in [1.54, 1.807) is 23.0 Å². The lowest BCUT2D eigenvalue weighted by Gasteiger charge is -2.10. The van der Waals surface area contributed by atoms with Gasteiger partial charge in [-0.1, -0.05) is 0 Å². The van der Waals surface area contributed by atoms with Gasteiger partial charge in [-0.3, -0.25) is 9.48 Å². The summed E-state index contributed by atoms with van der Waals surface area (Å²) in [6.45, 7) is 3.64. The van der Waals surface area contributed by atoms with Crippen LogP contribution in [-0.2, 0) is 20.1 Å². The zero-order valence-electron chi connectivity index (χ0n) is 12.7. The highest BCUT2D eigenvalue weighted by Crippen LogP contribution is 2.06. The number of nitrogens with one attached hydrogen (secondary N) is 2. The van der Waals surface area contributed by atoms with Crippen LogP contribution in [0.3, 0.4) is 0 Å². The predicted octanol–water partition coefficient (Wildman–Crippen LogP) is 0.367. The van der Waals surface area contributed by atoms with Crippen molar-refractivity contribution in [3.8, 4) is 0 Å². The third-order valence-electron chi connectivity index (χ3n) is 3.00. The number of nitrogens with zero attached hydrogens (tertiary/aromatic N) is 3. The van der Waals surface area contributed by atoms with E-state index in [9.17, 15) is 4.79 Å². The Morgan fingerprint density at radius 2 is 2.23 bits per heavy atom. The van der Waals surface area contributed by atoms with E-state index in [1.165, 1.54) is 0 Å². The lowest BCUT2D eigenvalue weighted by atomic mass is 10.4. The van der Waals surface area contributed by atoms with E-state index < -0.39 is 5.91 Å². The van der Waals surface area contributed by atoms with Crippen LogP contribution in [-0.4, -0.2) is 28.2 Å². The SMILES string of the molecule is CCNC(=NCc1ccnn1C)NCc1ccc(C(N)=O)o1. The molecule has 2 rings (SSSR count). The van der Waals surface area contributed by atoms with Gasteiger partial charge in [-0.2, -0.15) is 5.10 Å². The molecule has 0 saturated heterocycles. The van der Waals surface area contributed by atoms with Gasteiger partial charge in [0, 0.05) is 19.8 Å². The van der Waals surface area contributed by atoms with Crippen LogP contribution >= 0.6 is 0 Å². The summed E-state index contributed by atoms with van der Waals surface area (Å²) in [4.78, 5) is 15.5. The molecule has 0 bridgehead atoms. The molecule has 0 aliphatic heterocycles. The quantitative estimate of drug-likeness (QED) is 0.527. The van der Waals surface area contributed by atoms with Crippen molar-refractivity contribution < 1.29 is 9.21 Å². The van der Waals surface area contributed by atoms with Crippen LogP contribution in [0.1, 0.15) is 28.9 Å². The number of amides is 1. The lowest BCUT2D eigenvalue weighted by Crippen LogP contribution is -2.36. The summed E-state index contributed by atoms with van der Waals surface area (Å²) < 4.78 is 7.09. The number of carbonyl (C=O) groups excluding carboxylic acids is 1. The molecule has 2 heterocycles. The lowest BCUT2D eigenvalue weighted by molar-refractivity contribution is 0.0972. The van der Waals surface area contributed by atoms with Gasteiger partial charge in [-0.25, -0.2) is 4.99 Å². The Kier molecular flexibility index (Phi) is 5.18. The van der Waals surface area contributed by atoms with Crippen molar-refractivity contribution in [3.63, 3.8) is 0 Å². The zero-order chi connectivity index (χ0) is 15.9. The molecule has 8 nitrogen and oxygen atoms in total. The van der Waals surface area contributed by atoms with Crippen molar-refractivity contribution >= 4 is 11.9 Å². The number of guanidine groups is 1. The van der Waals surface area contributed by atoms with Crippen LogP contribution in [0.5, 0.6) is 0 Å². The Bertz CT molecular complexity index is 658. The Balaban J connectivity index is 1.95. The third-order valence-corrected chi connectivity index (χ3v) is 3.00. The summed E-state index contributed by atoms with van der Waals surface area (Å²) in [5.41, 5.74) is 6.16. The fourth-order valence-electron chi connectivity index (χ4n) is 1.83. The van der Waals surface area contributed by atoms with E-state index in [1.807, 2.05) is 20.0 Å². The van der Waals surface area contributed by atoms with E-state index in [2.05, 4.69) is 20.7 Å². The number of hydrogen-bond acceptors (Lipinski definition) is 4. The maximum atomic E-state index is 11.0. The second kappa shape index (κ2) is 7.30. The Morgan fingerprint density at radius 3 is 2.82 bits per heavy atom. The van der Waals surface area contributed by atoms with E-state index in [0.29, 0.717) is 24.8 Å². The number of furan rings is 1. The molecule has 2 aromatic rings. The van der Waals surface area contributed by atoms with Crippen molar-refractivity contribution in [3.05, 3.63) is 41.6 Å². The first-order valence-electron chi connectivity index (χ1n) is 6.97. The summed E-state index contributed by atoms with van der Waals surface area (Å²) >= 11 is 0. The van der Waals surface area contributed by atoms with Crippen molar-refractivity contribution in [2.45, 2.75) is 20.0 Å². The van der Waals surface area contributed by atoms with Gasteiger partial charge in [0.15, 0.2) is 11.7 Å². The van der Waals surface area contributed by atoms with Crippen LogP contribution in [0.25, 0.3) is 0 Å². The number of aliphatic imine (C=N–C) groups is 1. The molecule has 118 valence electrons. The summed E-state index contributed by atoms with van der Waals surface area (Å²) in [6.07, 6.45) is 1.74. The van der Waals surface area contributed by atoms with E-state index in [-0.39, 0.29) is 5.76 Å². The van der Waals surface area contributed by atoms with Crippen LogP contribution in [0.2, 0.25) is 0 Å². The molecule has 0 atom stereocenters. The highest BCUT2D eigenvalue weighted by molar-refractivity contribution is 5.89. The number of carbonyl (C=O) groups is 1. The molecule has 0 radical (unpaired) electrons. The topological polar surface area (TPSA) is 110 Å². The normalized spacial score (nSPS) is 11.5. The minimum atomic E-state index is -0.581. The first-order valence-corrected chi connectivity index (χ1v) is 6.97. The molecule has 0 aliphatic carbocycles. The van der Waals surface area contributed by atoms with Crippen molar-refractivity contribution in [2.75, 3.05) is 6.54 Å². The Hall–Kier alpha value is -2.77. The Morgan fingerprint density at radius 1 is 1.41 bits per heavy atom. The summed E-state index contributed by atoms with van der Waals surface area (Å²) in [5.74, 6) is 0.831. The van der Waals surface area contributed by atoms with Crippen molar-refractivity contribution in [1.82, 2.24) is 20.4 Å². The molecule has 2 aromatic heterocycles. The van der Waals surface area contributed by atoms with E-state index >= 15 is 0 Å². The fraction of sp³-hybridized carbons (Fsp3) is 0.357. The second-order valence-electron chi connectivity index (χ2n) is 4.63. The highest BCUT2D eigenvalue weighted by Gasteiger charge is 2.07. The van der Waals surface area contributed by atoms with Crippen LogP contribution in [0.15, 0.2) is 33.8 Å². The molecule has 0 spiro atoms. The molecule has 4 N–H and O–H groups in total.